The third kappa shape index (κ3) is 8.94. The minimum atomic E-state index is -0.788. The lowest BCUT2D eigenvalue weighted by Crippen LogP contribution is -2.45. The van der Waals surface area contributed by atoms with E-state index in [0.29, 0.717) is 22.6 Å². The van der Waals surface area contributed by atoms with Gasteiger partial charge in [0.15, 0.2) is 18.1 Å². The van der Waals surface area contributed by atoms with Gasteiger partial charge in [0.05, 0.1) is 35.1 Å². The van der Waals surface area contributed by atoms with E-state index in [2.05, 4.69) is 59.7 Å². The quantitative estimate of drug-likeness (QED) is 0.0954. The number of allylic oxidation sites excluding steroid dienone is 1. The molecule has 0 spiro atoms. The molecular formula is C31H29BrFIN4O7. The fraction of sp³-hybridized carbons (Fsp3) is 0.226. The molecular weight excluding hydrogens is 766 g/mol. The Morgan fingerprint density at radius 3 is 2.58 bits per heavy atom. The van der Waals surface area contributed by atoms with Gasteiger partial charge < -0.3 is 29.6 Å². The van der Waals surface area contributed by atoms with Gasteiger partial charge in [-0.15, -0.1) is 0 Å². The Kier molecular flexibility index (Phi) is 11.8. The van der Waals surface area contributed by atoms with Crippen molar-refractivity contribution in [2.24, 2.45) is 5.10 Å². The summed E-state index contributed by atoms with van der Waals surface area (Å²) in [5, 5.41) is 9.37. The Morgan fingerprint density at radius 2 is 1.87 bits per heavy atom. The van der Waals surface area contributed by atoms with Gasteiger partial charge in [-0.05, 0) is 84.0 Å². The molecule has 3 aromatic carbocycles. The van der Waals surface area contributed by atoms with E-state index < -0.39 is 23.9 Å². The lowest BCUT2D eigenvalue weighted by atomic mass is 9.95. The molecule has 0 bridgehead atoms. The first-order valence-electron chi connectivity index (χ1n) is 13.5. The number of hydrogen-bond donors (Lipinski definition) is 3. The molecule has 14 heteroatoms. The van der Waals surface area contributed by atoms with E-state index in [1.165, 1.54) is 25.5 Å². The van der Waals surface area contributed by atoms with Crippen molar-refractivity contribution in [2.45, 2.75) is 26.5 Å². The lowest BCUT2D eigenvalue weighted by Gasteiger charge is -2.28. The van der Waals surface area contributed by atoms with Crippen molar-refractivity contribution in [1.82, 2.24) is 16.1 Å². The number of methoxy groups -OCH3 is 1. The zero-order chi connectivity index (χ0) is 32.5. The van der Waals surface area contributed by atoms with Gasteiger partial charge in [0.25, 0.3) is 5.91 Å². The monoisotopic (exact) mass is 794 g/mol. The van der Waals surface area contributed by atoms with Crippen LogP contribution < -0.4 is 30.3 Å². The number of nitrogens with zero attached hydrogens (tertiary/aromatic N) is 1. The van der Waals surface area contributed by atoms with Crippen molar-refractivity contribution >= 4 is 62.6 Å². The summed E-state index contributed by atoms with van der Waals surface area (Å²) >= 11 is 5.59. The van der Waals surface area contributed by atoms with E-state index >= 15 is 0 Å². The molecule has 1 heterocycles. The van der Waals surface area contributed by atoms with Crippen LogP contribution >= 0.6 is 38.5 Å². The Hall–Kier alpha value is -4.18. The van der Waals surface area contributed by atoms with Gasteiger partial charge in [-0.3, -0.25) is 4.79 Å². The number of benzene rings is 3. The van der Waals surface area contributed by atoms with Crippen molar-refractivity contribution in [1.29, 1.82) is 0 Å². The molecule has 3 N–H and O–H groups in total. The van der Waals surface area contributed by atoms with Crippen LogP contribution in [-0.2, 0) is 20.9 Å². The second-order valence-electron chi connectivity index (χ2n) is 9.50. The lowest BCUT2D eigenvalue weighted by molar-refractivity contribution is -0.139. The SMILES string of the molecule is CCOC(=O)C1=C(C)NC(=O)N[C@@H]1c1ccc(OCC(=O)N/N=C/c2cc(Br)cc(I)c2OCc2ccc(F)cc2)c(OC)c1. The van der Waals surface area contributed by atoms with Crippen molar-refractivity contribution in [3.8, 4) is 17.2 Å². The molecule has 0 unspecified atom stereocenters. The molecule has 0 radical (unpaired) electrons. The molecule has 0 saturated carbocycles. The summed E-state index contributed by atoms with van der Waals surface area (Å²) < 4.78 is 37.1. The maximum Gasteiger partial charge on any atom is 0.338 e. The molecule has 1 aliphatic rings. The predicted molar refractivity (Wildman–Crippen MR) is 176 cm³/mol. The minimum absolute atomic E-state index is 0.174. The maximum absolute atomic E-state index is 13.2. The highest BCUT2D eigenvalue weighted by Gasteiger charge is 2.32. The van der Waals surface area contributed by atoms with E-state index in [1.807, 2.05) is 6.07 Å². The first-order valence-corrected chi connectivity index (χ1v) is 15.4. The largest absolute Gasteiger partial charge is 0.493 e. The number of halogens is 3. The topological polar surface area (TPSA) is 137 Å². The van der Waals surface area contributed by atoms with Gasteiger partial charge in [0, 0.05) is 15.7 Å². The normalized spacial score (nSPS) is 14.4. The molecule has 45 heavy (non-hydrogen) atoms. The van der Waals surface area contributed by atoms with Crippen molar-refractivity contribution < 1.29 is 37.7 Å². The fourth-order valence-corrected chi connectivity index (χ4v) is 6.03. The molecule has 4 rings (SSSR count). The van der Waals surface area contributed by atoms with Gasteiger partial charge in [-0.2, -0.15) is 5.10 Å². The number of hydrogen-bond acceptors (Lipinski definition) is 8. The number of rotatable bonds is 12. The summed E-state index contributed by atoms with van der Waals surface area (Å²) in [4.78, 5) is 37.3. The first-order chi connectivity index (χ1) is 21.6. The smallest absolute Gasteiger partial charge is 0.338 e. The number of nitrogens with one attached hydrogen (secondary N) is 3. The number of urea groups is 1. The molecule has 11 nitrogen and oxygen atoms in total. The Labute approximate surface area is 280 Å². The van der Waals surface area contributed by atoms with Crippen LogP contribution in [0.4, 0.5) is 9.18 Å². The highest BCUT2D eigenvalue weighted by Crippen LogP contribution is 2.35. The minimum Gasteiger partial charge on any atom is -0.493 e. The number of ether oxygens (including phenoxy) is 4. The second kappa shape index (κ2) is 15.7. The van der Waals surface area contributed by atoms with E-state index in [9.17, 15) is 18.8 Å². The standard InChI is InChI=1S/C31H29BrFIN4O7/c1-4-43-30(40)27-17(2)36-31(41)37-28(27)19-7-10-24(25(12-19)42-3)44-16-26(39)38-35-14-20-11-21(32)13-23(34)29(20)45-15-18-5-8-22(33)9-6-18/h5-14,28H,4,15-16H2,1-3H3,(H,38,39)(H2,36,37,41)/b35-14+/t28-/m1/s1. The van der Waals surface area contributed by atoms with E-state index in [0.717, 1.165) is 13.6 Å². The van der Waals surface area contributed by atoms with Crippen molar-refractivity contribution in [3.05, 3.63) is 96.4 Å². The number of carbonyl (C=O) groups is 3. The third-order valence-electron chi connectivity index (χ3n) is 6.37. The molecule has 0 fully saturated rings. The Balaban J connectivity index is 1.41. The molecule has 3 aromatic rings. The number of esters is 1. The Bertz CT molecular complexity index is 1650. The van der Waals surface area contributed by atoms with E-state index in [1.54, 1.807) is 50.2 Å². The average Bonchev–Trinajstić information content (AvgIpc) is 3.00. The maximum atomic E-state index is 13.2. The number of amides is 3. The summed E-state index contributed by atoms with van der Waals surface area (Å²) in [6.07, 6.45) is 1.45. The predicted octanol–water partition coefficient (Wildman–Crippen LogP) is 5.50. The van der Waals surface area contributed by atoms with Crippen LogP contribution in [0.5, 0.6) is 17.2 Å². The van der Waals surface area contributed by atoms with Crippen LogP contribution in [0.25, 0.3) is 0 Å². The third-order valence-corrected chi connectivity index (χ3v) is 7.63. The summed E-state index contributed by atoms with van der Waals surface area (Å²) in [6.45, 7) is 3.32. The highest BCUT2D eigenvalue weighted by molar-refractivity contribution is 14.1. The molecule has 0 aliphatic carbocycles. The van der Waals surface area contributed by atoms with Crippen LogP contribution in [0.2, 0.25) is 0 Å². The zero-order valence-electron chi connectivity index (χ0n) is 24.4. The summed E-state index contributed by atoms with van der Waals surface area (Å²) in [5.41, 5.74) is 5.00. The summed E-state index contributed by atoms with van der Waals surface area (Å²) in [5.74, 6) is -0.341. The van der Waals surface area contributed by atoms with Crippen LogP contribution in [-0.4, -0.2) is 44.4 Å². The van der Waals surface area contributed by atoms with Crippen LogP contribution in [0.1, 0.15) is 36.6 Å². The van der Waals surface area contributed by atoms with Crippen molar-refractivity contribution in [3.63, 3.8) is 0 Å². The van der Waals surface area contributed by atoms with Crippen LogP contribution in [0.3, 0.4) is 0 Å². The van der Waals surface area contributed by atoms with Gasteiger partial charge in [0.2, 0.25) is 0 Å². The molecule has 1 aliphatic heterocycles. The van der Waals surface area contributed by atoms with E-state index in [-0.39, 0.29) is 42.7 Å². The fourth-order valence-electron chi connectivity index (χ4n) is 4.32. The van der Waals surface area contributed by atoms with Crippen LogP contribution in [0.15, 0.2) is 75.4 Å². The first kappa shape index (κ1) is 33.7. The van der Waals surface area contributed by atoms with E-state index in [4.69, 9.17) is 18.9 Å². The molecule has 236 valence electrons. The van der Waals surface area contributed by atoms with Gasteiger partial charge >= 0.3 is 12.0 Å². The number of carbonyl (C=O) groups excluding carboxylic acids is 3. The van der Waals surface area contributed by atoms with Gasteiger partial charge in [0.1, 0.15) is 18.2 Å². The van der Waals surface area contributed by atoms with Gasteiger partial charge in [-0.1, -0.05) is 34.1 Å². The molecule has 0 saturated heterocycles. The zero-order valence-corrected chi connectivity index (χ0v) is 28.2. The average molecular weight is 795 g/mol. The van der Waals surface area contributed by atoms with Gasteiger partial charge in [-0.25, -0.2) is 19.4 Å². The van der Waals surface area contributed by atoms with Crippen LogP contribution in [0, 0.1) is 9.39 Å². The van der Waals surface area contributed by atoms with Crippen molar-refractivity contribution in [2.75, 3.05) is 20.3 Å². The molecule has 0 aromatic heterocycles. The second-order valence-corrected chi connectivity index (χ2v) is 11.6. The summed E-state index contributed by atoms with van der Waals surface area (Å²) in [7, 11) is 1.43. The Morgan fingerprint density at radius 1 is 1.11 bits per heavy atom. The highest BCUT2D eigenvalue weighted by atomic mass is 127. The summed E-state index contributed by atoms with van der Waals surface area (Å²) in [6, 6.07) is 13.2. The number of hydrazone groups is 1. The molecule has 1 atom stereocenters. The molecule has 3 amide bonds.